The van der Waals surface area contributed by atoms with Crippen molar-refractivity contribution in [2.75, 3.05) is 24.7 Å². The van der Waals surface area contributed by atoms with E-state index < -0.39 is 9.84 Å². The van der Waals surface area contributed by atoms with Gasteiger partial charge in [0.25, 0.3) is 0 Å². The minimum absolute atomic E-state index is 0.0381. The largest absolute Gasteiger partial charge is 0.504 e. The maximum absolute atomic E-state index is 11.6. The van der Waals surface area contributed by atoms with E-state index in [-0.39, 0.29) is 23.3 Å². The molecule has 1 aromatic rings. The monoisotopic (exact) mass is 299 g/mol. The van der Waals surface area contributed by atoms with Crippen LogP contribution in [0.2, 0.25) is 0 Å². The smallest absolute Gasteiger partial charge is 0.162 e. The first-order valence-corrected chi connectivity index (χ1v) is 8.63. The highest BCUT2D eigenvalue weighted by Gasteiger charge is 2.28. The lowest BCUT2D eigenvalue weighted by molar-refractivity contribution is 0.214. The molecule has 6 heteroatoms. The summed E-state index contributed by atoms with van der Waals surface area (Å²) in [5, 5.41) is 10.2. The molecule has 0 bridgehead atoms. The first-order chi connectivity index (χ1) is 9.43. The molecule has 1 fully saturated rings. The Morgan fingerprint density at radius 2 is 2.20 bits per heavy atom. The second-order valence-corrected chi connectivity index (χ2v) is 7.36. The standard InChI is InChI=1S/C14H21NO4S/c1-3-19-13-6-4-5-12(14(13)16)9-15-7-8-20(17,18)10-11(15)2/h4-6,11,16H,3,7-10H2,1-2H3. The number of ether oxygens (including phenoxy) is 1. The van der Waals surface area contributed by atoms with E-state index >= 15 is 0 Å². The Morgan fingerprint density at radius 1 is 1.45 bits per heavy atom. The summed E-state index contributed by atoms with van der Waals surface area (Å²) in [7, 11) is -2.91. The summed E-state index contributed by atoms with van der Waals surface area (Å²) in [6.45, 7) is 5.30. The second kappa shape index (κ2) is 6.01. The second-order valence-electron chi connectivity index (χ2n) is 5.13. The van der Waals surface area contributed by atoms with Gasteiger partial charge in [-0.1, -0.05) is 12.1 Å². The molecule has 1 aliphatic heterocycles. The Morgan fingerprint density at radius 3 is 2.85 bits per heavy atom. The molecule has 2 rings (SSSR count). The molecule has 1 saturated heterocycles. The minimum Gasteiger partial charge on any atom is -0.504 e. The fourth-order valence-corrected chi connectivity index (χ4v) is 4.08. The van der Waals surface area contributed by atoms with Crippen LogP contribution in [0.5, 0.6) is 11.5 Å². The fraction of sp³-hybridized carbons (Fsp3) is 0.571. The molecule has 1 heterocycles. The van der Waals surface area contributed by atoms with Crippen molar-refractivity contribution in [3.63, 3.8) is 0 Å². The highest BCUT2D eigenvalue weighted by atomic mass is 32.2. The number of nitrogens with zero attached hydrogens (tertiary/aromatic N) is 1. The number of hydrogen-bond acceptors (Lipinski definition) is 5. The zero-order chi connectivity index (χ0) is 14.8. The Bertz CT molecular complexity index is 571. The van der Waals surface area contributed by atoms with Crippen molar-refractivity contribution < 1.29 is 18.3 Å². The molecule has 1 aliphatic rings. The Kier molecular flexibility index (Phi) is 4.55. The average Bonchev–Trinajstić information content (AvgIpc) is 2.37. The maximum atomic E-state index is 11.6. The van der Waals surface area contributed by atoms with Crippen LogP contribution in [0.3, 0.4) is 0 Å². The fourth-order valence-electron chi connectivity index (χ4n) is 2.45. The summed E-state index contributed by atoms with van der Waals surface area (Å²) in [4.78, 5) is 2.08. The molecule has 1 unspecified atom stereocenters. The molecule has 20 heavy (non-hydrogen) atoms. The van der Waals surface area contributed by atoms with E-state index in [1.165, 1.54) is 0 Å². The topological polar surface area (TPSA) is 66.8 Å². The van der Waals surface area contributed by atoms with Gasteiger partial charge < -0.3 is 9.84 Å². The van der Waals surface area contributed by atoms with E-state index in [4.69, 9.17) is 4.74 Å². The van der Waals surface area contributed by atoms with Crippen LogP contribution in [0.25, 0.3) is 0 Å². The molecule has 0 saturated carbocycles. The van der Waals surface area contributed by atoms with Crippen LogP contribution in [0, 0.1) is 0 Å². The zero-order valence-electron chi connectivity index (χ0n) is 11.9. The van der Waals surface area contributed by atoms with Crippen molar-refractivity contribution in [2.24, 2.45) is 0 Å². The Labute approximate surface area is 120 Å². The van der Waals surface area contributed by atoms with Crippen LogP contribution in [-0.4, -0.2) is 49.1 Å². The molecular weight excluding hydrogens is 278 g/mol. The van der Waals surface area contributed by atoms with E-state index in [0.29, 0.717) is 25.4 Å². The van der Waals surface area contributed by atoms with Gasteiger partial charge in [0.1, 0.15) is 0 Å². The lowest BCUT2D eigenvalue weighted by Crippen LogP contribution is -2.46. The summed E-state index contributed by atoms with van der Waals surface area (Å²) in [6, 6.07) is 5.37. The van der Waals surface area contributed by atoms with Crippen LogP contribution in [-0.2, 0) is 16.4 Å². The summed E-state index contributed by atoms with van der Waals surface area (Å²) in [5.74, 6) is 0.986. The molecule has 0 radical (unpaired) electrons. The van der Waals surface area contributed by atoms with Crippen molar-refractivity contribution in [3.05, 3.63) is 23.8 Å². The van der Waals surface area contributed by atoms with Gasteiger partial charge in [0.2, 0.25) is 0 Å². The van der Waals surface area contributed by atoms with Gasteiger partial charge in [0.15, 0.2) is 21.3 Å². The van der Waals surface area contributed by atoms with Crippen molar-refractivity contribution in [3.8, 4) is 11.5 Å². The summed E-state index contributed by atoms with van der Waals surface area (Å²) in [6.07, 6.45) is 0. The Hall–Kier alpha value is -1.27. The van der Waals surface area contributed by atoms with E-state index in [2.05, 4.69) is 4.90 Å². The number of para-hydroxylation sites is 1. The molecule has 112 valence electrons. The number of phenolic OH excluding ortho intramolecular Hbond substituents is 1. The number of sulfone groups is 1. The molecule has 1 aromatic carbocycles. The van der Waals surface area contributed by atoms with E-state index in [1.54, 1.807) is 6.07 Å². The first kappa shape index (κ1) is 15.1. The van der Waals surface area contributed by atoms with Gasteiger partial charge in [-0.2, -0.15) is 0 Å². The van der Waals surface area contributed by atoms with Crippen LogP contribution in [0.15, 0.2) is 18.2 Å². The predicted octanol–water partition coefficient (Wildman–Crippen LogP) is 1.41. The summed E-state index contributed by atoms with van der Waals surface area (Å²) < 4.78 is 28.5. The quantitative estimate of drug-likeness (QED) is 0.910. The van der Waals surface area contributed by atoms with Gasteiger partial charge in [0, 0.05) is 24.7 Å². The third kappa shape index (κ3) is 3.43. The van der Waals surface area contributed by atoms with Gasteiger partial charge in [-0.05, 0) is 19.9 Å². The molecule has 0 amide bonds. The van der Waals surface area contributed by atoms with Crippen LogP contribution in [0.4, 0.5) is 0 Å². The van der Waals surface area contributed by atoms with E-state index in [1.807, 2.05) is 26.0 Å². The average molecular weight is 299 g/mol. The highest BCUT2D eigenvalue weighted by molar-refractivity contribution is 7.91. The predicted molar refractivity (Wildman–Crippen MR) is 77.8 cm³/mol. The van der Waals surface area contributed by atoms with Crippen molar-refractivity contribution in [2.45, 2.75) is 26.4 Å². The third-order valence-electron chi connectivity index (χ3n) is 3.56. The highest BCUT2D eigenvalue weighted by Crippen LogP contribution is 2.31. The zero-order valence-corrected chi connectivity index (χ0v) is 12.7. The summed E-state index contributed by atoms with van der Waals surface area (Å²) >= 11 is 0. The maximum Gasteiger partial charge on any atom is 0.162 e. The number of hydrogen-bond donors (Lipinski definition) is 1. The van der Waals surface area contributed by atoms with Gasteiger partial charge in [-0.3, -0.25) is 4.90 Å². The van der Waals surface area contributed by atoms with Crippen molar-refractivity contribution >= 4 is 9.84 Å². The van der Waals surface area contributed by atoms with Crippen molar-refractivity contribution in [1.82, 2.24) is 4.90 Å². The molecule has 0 spiro atoms. The van der Waals surface area contributed by atoms with Crippen LogP contribution < -0.4 is 4.74 Å². The molecule has 0 aliphatic carbocycles. The number of benzene rings is 1. The van der Waals surface area contributed by atoms with Crippen LogP contribution >= 0.6 is 0 Å². The van der Waals surface area contributed by atoms with Gasteiger partial charge >= 0.3 is 0 Å². The van der Waals surface area contributed by atoms with E-state index in [0.717, 1.165) is 5.56 Å². The third-order valence-corrected chi connectivity index (χ3v) is 5.36. The number of aromatic hydroxyl groups is 1. The normalized spacial score (nSPS) is 22.6. The van der Waals surface area contributed by atoms with Crippen molar-refractivity contribution in [1.29, 1.82) is 0 Å². The molecule has 0 aromatic heterocycles. The van der Waals surface area contributed by atoms with E-state index in [9.17, 15) is 13.5 Å². The SMILES string of the molecule is CCOc1cccc(CN2CCS(=O)(=O)CC2C)c1O. The molecular formula is C14H21NO4S. The van der Waals surface area contributed by atoms with Gasteiger partial charge in [-0.15, -0.1) is 0 Å². The first-order valence-electron chi connectivity index (χ1n) is 6.81. The number of phenols is 1. The van der Waals surface area contributed by atoms with Crippen LogP contribution in [0.1, 0.15) is 19.4 Å². The molecule has 1 atom stereocenters. The number of rotatable bonds is 4. The minimum atomic E-state index is -2.91. The Balaban J connectivity index is 2.12. The van der Waals surface area contributed by atoms with Gasteiger partial charge in [-0.25, -0.2) is 8.42 Å². The summed E-state index contributed by atoms with van der Waals surface area (Å²) in [5.41, 5.74) is 0.766. The van der Waals surface area contributed by atoms with Gasteiger partial charge in [0.05, 0.1) is 18.1 Å². The lowest BCUT2D eigenvalue weighted by Gasteiger charge is -2.33. The molecule has 1 N–H and O–H groups in total. The molecule has 5 nitrogen and oxygen atoms in total. The lowest BCUT2D eigenvalue weighted by atomic mass is 10.1.